The molecule has 9 heteroatoms. The van der Waals surface area contributed by atoms with Gasteiger partial charge in [0, 0.05) is 12.2 Å². The molecule has 0 atom stereocenters. The lowest BCUT2D eigenvalue weighted by molar-refractivity contribution is 0.0495. The molecule has 0 saturated heterocycles. The fourth-order valence-electron chi connectivity index (χ4n) is 3.19. The first-order valence-corrected chi connectivity index (χ1v) is 11.4. The number of rotatable bonds is 8. The Balaban J connectivity index is 1.33. The average Bonchev–Trinajstić information content (AvgIpc) is 3.12. The van der Waals surface area contributed by atoms with Crippen LogP contribution in [-0.2, 0) is 21.3 Å². The topological polar surface area (TPSA) is 108 Å². The fourth-order valence-corrected chi connectivity index (χ4v) is 4.25. The molecule has 1 aromatic heterocycles. The van der Waals surface area contributed by atoms with Gasteiger partial charge in [-0.15, -0.1) is 0 Å². The number of carbonyl (C=O) groups excluding carboxylic acids is 1. The van der Waals surface area contributed by atoms with Crippen LogP contribution < -0.4 is 10.5 Å². The number of nitrogens with one attached hydrogen (secondary N) is 1. The number of fused-ring (bicyclic) bond motifs is 1. The van der Waals surface area contributed by atoms with Gasteiger partial charge >= 0.3 is 11.7 Å². The minimum Gasteiger partial charge on any atom is -0.462 e. The number of hydrogen-bond acceptors (Lipinski definition) is 6. The van der Waals surface area contributed by atoms with E-state index in [9.17, 15) is 18.0 Å². The van der Waals surface area contributed by atoms with Gasteiger partial charge in [-0.25, -0.2) is 18.0 Å². The zero-order valence-corrected chi connectivity index (χ0v) is 17.7. The lowest BCUT2D eigenvalue weighted by Gasteiger charge is -2.09. The Morgan fingerprint density at radius 2 is 1.62 bits per heavy atom. The lowest BCUT2D eigenvalue weighted by atomic mass is 10.2. The van der Waals surface area contributed by atoms with Gasteiger partial charge in [-0.05, 0) is 55.0 Å². The summed E-state index contributed by atoms with van der Waals surface area (Å²) in [5.41, 5.74) is 1.87. The molecule has 0 radical (unpaired) electrons. The first-order chi connectivity index (χ1) is 15.4. The Morgan fingerprint density at radius 1 is 0.938 bits per heavy atom. The van der Waals surface area contributed by atoms with E-state index in [1.54, 1.807) is 48.5 Å². The van der Waals surface area contributed by atoms with Crippen molar-refractivity contribution in [3.8, 4) is 0 Å². The zero-order valence-electron chi connectivity index (χ0n) is 16.9. The second-order valence-electron chi connectivity index (χ2n) is 6.97. The summed E-state index contributed by atoms with van der Waals surface area (Å²) >= 11 is 0. The van der Waals surface area contributed by atoms with Crippen LogP contribution in [0.2, 0.25) is 0 Å². The Bertz CT molecular complexity index is 1390. The van der Waals surface area contributed by atoms with Gasteiger partial charge in [-0.1, -0.05) is 30.3 Å². The highest BCUT2D eigenvalue weighted by Crippen LogP contribution is 2.17. The summed E-state index contributed by atoms with van der Waals surface area (Å²) in [6, 6.07) is 21.1. The number of aryl methyl sites for hydroxylation is 1. The van der Waals surface area contributed by atoms with Gasteiger partial charge < -0.3 is 9.15 Å². The molecular weight excluding hydrogens is 432 g/mol. The van der Waals surface area contributed by atoms with Gasteiger partial charge in [0.1, 0.15) is 0 Å². The summed E-state index contributed by atoms with van der Waals surface area (Å²) < 4.78 is 39.3. The monoisotopic (exact) mass is 452 g/mol. The normalized spacial score (nSPS) is 11.4. The minimum absolute atomic E-state index is 0.0316. The molecule has 0 amide bonds. The van der Waals surface area contributed by atoms with Gasteiger partial charge in [0.15, 0.2) is 5.58 Å². The summed E-state index contributed by atoms with van der Waals surface area (Å²) in [6.07, 6.45) is 0.419. The van der Waals surface area contributed by atoms with Crippen LogP contribution in [0.1, 0.15) is 16.8 Å². The van der Waals surface area contributed by atoms with E-state index in [0.717, 1.165) is 0 Å². The van der Waals surface area contributed by atoms with Crippen LogP contribution in [0.15, 0.2) is 93.0 Å². The van der Waals surface area contributed by atoms with Crippen LogP contribution in [-0.4, -0.2) is 25.6 Å². The highest BCUT2D eigenvalue weighted by atomic mass is 32.2. The summed E-state index contributed by atoms with van der Waals surface area (Å²) in [6.45, 7) is 0.436. The molecule has 1 N–H and O–H groups in total. The average molecular weight is 452 g/mol. The first kappa shape index (κ1) is 21.4. The molecule has 0 bridgehead atoms. The predicted molar refractivity (Wildman–Crippen MR) is 119 cm³/mol. The number of esters is 1. The molecule has 0 saturated carbocycles. The van der Waals surface area contributed by atoms with Crippen LogP contribution in [0.25, 0.3) is 11.1 Å². The largest absolute Gasteiger partial charge is 0.462 e. The summed E-state index contributed by atoms with van der Waals surface area (Å²) in [4.78, 5) is 24.2. The fraction of sp³-hybridized carbons (Fsp3) is 0.130. The number of benzene rings is 3. The van der Waals surface area contributed by atoms with Crippen molar-refractivity contribution >= 4 is 32.8 Å². The van der Waals surface area contributed by atoms with Crippen molar-refractivity contribution in [3.63, 3.8) is 0 Å². The molecule has 0 unspecified atom stereocenters. The Hall–Kier alpha value is -3.85. The molecule has 0 aliphatic heterocycles. The van der Waals surface area contributed by atoms with E-state index in [0.29, 0.717) is 29.8 Å². The molecule has 8 nitrogen and oxygen atoms in total. The number of para-hydroxylation sites is 3. The number of hydrogen-bond donors (Lipinski definition) is 1. The third-order valence-corrected chi connectivity index (χ3v) is 6.16. The quantitative estimate of drug-likeness (QED) is 0.323. The molecule has 0 fully saturated rings. The Kier molecular flexibility index (Phi) is 6.09. The summed E-state index contributed by atoms with van der Waals surface area (Å²) in [5.74, 6) is -1.03. The van der Waals surface area contributed by atoms with Crippen molar-refractivity contribution in [2.24, 2.45) is 0 Å². The van der Waals surface area contributed by atoms with E-state index in [4.69, 9.17) is 9.15 Å². The Morgan fingerprint density at radius 3 is 2.38 bits per heavy atom. The SMILES string of the molecule is O=C(OCCCn1c(=O)oc2ccccc21)c1ccc(S(=O)(=O)Nc2ccccc2)cc1. The maximum absolute atomic E-state index is 12.5. The third-order valence-electron chi connectivity index (χ3n) is 4.76. The number of carbonyl (C=O) groups is 1. The summed E-state index contributed by atoms with van der Waals surface area (Å²) in [5, 5.41) is 0. The predicted octanol–water partition coefficient (Wildman–Crippen LogP) is 3.64. The smallest absolute Gasteiger partial charge is 0.419 e. The van der Waals surface area contributed by atoms with E-state index in [-0.39, 0.29) is 17.1 Å². The minimum atomic E-state index is -3.77. The molecule has 4 rings (SSSR count). The number of ether oxygens (including phenoxy) is 1. The van der Waals surface area contributed by atoms with Crippen molar-refractivity contribution in [2.45, 2.75) is 17.9 Å². The number of sulfonamides is 1. The van der Waals surface area contributed by atoms with Crippen molar-refractivity contribution in [3.05, 3.63) is 95.0 Å². The second-order valence-corrected chi connectivity index (χ2v) is 8.66. The molecule has 4 aromatic rings. The molecular formula is C23H20N2O6S. The standard InChI is InChI=1S/C23H20N2O6S/c26-22(30-16-6-15-25-20-9-4-5-10-21(20)31-23(25)27)17-11-13-19(14-12-17)32(28,29)24-18-7-2-1-3-8-18/h1-5,7-14,24H,6,15-16H2. The van der Waals surface area contributed by atoms with Crippen LogP contribution >= 0.6 is 0 Å². The van der Waals surface area contributed by atoms with Crippen LogP contribution in [0.5, 0.6) is 0 Å². The van der Waals surface area contributed by atoms with Gasteiger partial charge in [0.25, 0.3) is 10.0 Å². The molecule has 1 heterocycles. The number of anilines is 1. The highest BCUT2D eigenvalue weighted by molar-refractivity contribution is 7.92. The number of oxazole rings is 1. The van der Waals surface area contributed by atoms with Crippen molar-refractivity contribution in [1.29, 1.82) is 0 Å². The molecule has 0 spiro atoms. The van der Waals surface area contributed by atoms with Crippen molar-refractivity contribution < 1.29 is 22.4 Å². The van der Waals surface area contributed by atoms with Gasteiger partial charge in [-0.2, -0.15) is 0 Å². The molecule has 3 aromatic carbocycles. The maximum atomic E-state index is 12.5. The summed E-state index contributed by atoms with van der Waals surface area (Å²) in [7, 11) is -3.77. The van der Waals surface area contributed by atoms with E-state index in [2.05, 4.69) is 4.72 Å². The van der Waals surface area contributed by atoms with Gasteiger partial charge in [-0.3, -0.25) is 9.29 Å². The molecule has 0 aliphatic carbocycles. The van der Waals surface area contributed by atoms with E-state index >= 15 is 0 Å². The first-order valence-electron chi connectivity index (χ1n) is 9.87. The Labute approximate surface area is 184 Å². The van der Waals surface area contributed by atoms with Crippen molar-refractivity contribution in [1.82, 2.24) is 4.57 Å². The number of aromatic nitrogens is 1. The molecule has 32 heavy (non-hydrogen) atoms. The van der Waals surface area contributed by atoms with E-state index < -0.39 is 21.7 Å². The molecule has 0 aliphatic rings. The van der Waals surface area contributed by atoms with Gasteiger partial charge in [0.2, 0.25) is 0 Å². The lowest BCUT2D eigenvalue weighted by Crippen LogP contribution is -2.16. The second kappa shape index (κ2) is 9.11. The van der Waals surface area contributed by atoms with Crippen molar-refractivity contribution in [2.75, 3.05) is 11.3 Å². The highest BCUT2D eigenvalue weighted by Gasteiger charge is 2.16. The van der Waals surface area contributed by atoms with E-state index in [1.165, 1.54) is 28.8 Å². The van der Waals surface area contributed by atoms with Gasteiger partial charge in [0.05, 0.1) is 22.6 Å². The van der Waals surface area contributed by atoms with Crippen LogP contribution in [0, 0.1) is 0 Å². The van der Waals surface area contributed by atoms with E-state index in [1.807, 2.05) is 6.07 Å². The third kappa shape index (κ3) is 4.73. The number of nitrogens with zero attached hydrogens (tertiary/aromatic N) is 1. The van der Waals surface area contributed by atoms with Crippen LogP contribution in [0.3, 0.4) is 0 Å². The van der Waals surface area contributed by atoms with Crippen LogP contribution in [0.4, 0.5) is 5.69 Å². The molecule has 164 valence electrons. The zero-order chi connectivity index (χ0) is 22.6. The maximum Gasteiger partial charge on any atom is 0.419 e.